The van der Waals surface area contributed by atoms with Crippen molar-refractivity contribution in [2.24, 2.45) is 5.92 Å². The molecule has 3 atom stereocenters. The Bertz CT molecular complexity index is 1060. The van der Waals surface area contributed by atoms with E-state index in [-0.39, 0.29) is 30.7 Å². The molecule has 5 rings (SSSR count). The summed E-state index contributed by atoms with van der Waals surface area (Å²) in [6, 6.07) is 12.4. The number of ether oxygens (including phenoxy) is 5. The predicted molar refractivity (Wildman–Crippen MR) is 110 cm³/mol. The highest BCUT2D eigenvalue weighted by Gasteiger charge is 2.42. The maximum absolute atomic E-state index is 13.1. The quantitative estimate of drug-likeness (QED) is 0.694. The fourth-order valence-electron chi connectivity index (χ4n) is 4.37. The smallest absolute Gasteiger partial charge is 0.338 e. The summed E-state index contributed by atoms with van der Waals surface area (Å²) in [4.78, 5) is 25.7. The maximum Gasteiger partial charge on any atom is 0.338 e. The Kier molecular flexibility index (Phi) is 5.02. The first-order chi connectivity index (χ1) is 15.1. The lowest BCUT2D eigenvalue weighted by Crippen LogP contribution is -2.42. The maximum atomic E-state index is 13.1. The molecule has 0 N–H and O–H groups in total. The molecule has 7 heteroatoms. The number of hydrogen-bond acceptors (Lipinski definition) is 7. The van der Waals surface area contributed by atoms with Crippen molar-refractivity contribution in [1.29, 1.82) is 0 Å². The molecule has 0 aromatic heterocycles. The van der Waals surface area contributed by atoms with Gasteiger partial charge in [0.05, 0.1) is 30.4 Å². The summed E-state index contributed by atoms with van der Waals surface area (Å²) in [6.07, 6.45) is 2.56. The van der Waals surface area contributed by atoms with E-state index in [9.17, 15) is 9.59 Å². The van der Waals surface area contributed by atoms with Crippen LogP contribution in [0.2, 0.25) is 0 Å². The van der Waals surface area contributed by atoms with Gasteiger partial charge in [0, 0.05) is 12.0 Å². The van der Waals surface area contributed by atoms with Crippen LogP contribution in [0, 0.1) is 5.92 Å². The summed E-state index contributed by atoms with van der Waals surface area (Å²) in [6.45, 7) is 0.148. The van der Waals surface area contributed by atoms with Gasteiger partial charge in [-0.3, -0.25) is 4.79 Å². The molecule has 0 radical (unpaired) electrons. The average Bonchev–Trinajstić information content (AvgIpc) is 3.27. The highest BCUT2D eigenvalue weighted by atomic mass is 16.7. The average molecular weight is 422 g/mol. The zero-order valence-corrected chi connectivity index (χ0v) is 17.0. The van der Waals surface area contributed by atoms with Gasteiger partial charge in [0.1, 0.15) is 18.0 Å². The van der Waals surface area contributed by atoms with Gasteiger partial charge in [-0.25, -0.2) is 4.79 Å². The van der Waals surface area contributed by atoms with Crippen LogP contribution in [0.5, 0.6) is 17.2 Å². The number of benzene rings is 2. The highest BCUT2D eigenvalue weighted by Crippen LogP contribution is 2.39. The molecule has 1 saturated carbocycles. The van der Waals surface area contributed by atoms with E-state index in [1.165, 1.54) is 6.26 Å². The second-order valence-electron chi connectivity index (χ2n) is 7.79. The molecule has 1 fully saturated rings. The van der Waals surface area contributed by atoms with Crippen molar-refractivity contribution in [2.45, 2.75) is 31.5 Å². The van der Waals surface area contributed by atoms with Crippen molar-refractivity contribution in [3.05, 3.63) is 59.9 Å². The topological polar surface area (TPSA) is 80.3 Å². The molecule has 2 aromatic rings. The van der Waals surface area contributed by atoms with Gasteiger partial charge in [0.2, 0.25) is 6.79 Å². The summed E-state index contributed by atoms with van der Waals surface area (Å²) >= 11 is 0. The third-order valence-corrected chi connectivity index (χ3v) is 5.99. The first kappa shape index (κ1) is 19.5. The van der Waals surface area contributed by atoms with E-state index in [1.807, 2.05) is 24.3 Å². The van der Waals surface area contributed by atoms with Crippen LogP contribution in [0.1, 0.15) is 35.2 Å². The van der Waals surface area contributed by atoms with E-state index < -0.39 is 5.97 Å². The largest absolute Gasteiger partial charge is 0.496 e. The fourth-order valence-corrected chi connectivity index (χ4v) is 4.37. The highest BCUT2D eigenvalue weighted by molar-refractivity contribution is 6.22. The van der Waals surface area contributed by atoms with Gasteiger partial charge >= 0.3 is 5.97 Å². The lowest BCUT2D eigenvalue weighted by molar-refractivity contribution is -0.126. The van der Waals surface area contributed by atoms with Crippen LogP contribution in [-0.4, -0.2) is 37.9 Å². The van der Waals surface area contributed by atoms with Crippen LogP contribution in [0.3, 0.4) is 0 Å². The van der Waals surface area contributed by atoms with E-state index >= 15 is 0 Å². The molecule has 0 amide bonds. The first-order valence-corrected chi connectivity index (χ1v) is 10.3. The number of para-hydroxylation sites is 1. The lowest BCUT2D eigenvalue weighted by Gasteiger charge is -2.37. The number of fused-ring (bicyclic) bond motifs is 2. The zero-order valence-electron chi connectivity index (χ0n) is 17.0. The van der Waals surface area contributed by atoms with E-state index in [2.05, 4.69) is 0 Å². The molecule has 160 valence electrons. The van der Waals surface area contributed by atoms with Crippen LogP contribution in [0.4, 0.5) is 0 Å². The Labute approximate surface area is 179 Å². The van der Waals surface area contributed by atoms with E-state index in [0.29, 0.717) is 47.6 Å². The summed E-state index contributed by atoms with van der Waals surface area (Å²) in [5.41, 5.74) is 1.66. The molecule has 2 aromatic carbocycles. The number of carbonyl (C=O) groups excluding carboxylic acids is 2. The van der Waals surface area contributed by atoms with E-state index in [4.69, 9.17) is 23.7 Å². The third kappa shape index (κ3) is 3.60. The Hall–Kier alpha value is -3.48. The molecule has 7 nitrogen and oxygen atoms in total. The monoisotopic (exact) mass is 422 g/mol. The normalized spacial score (nSPS) is 24.0. The standard InChI is InChI=1S/C24H22O7/c1-27-19-5-3-2-4-16(19)18-12-28-21-11-15(7-8-17(21)23(18)25)31-24(26)14-6-9-20-22(10-14)30-13-29-20/h2-6,9-10,12,15,17,21H,7-8,11,13H2,1H3. The molecular weight excluding hydrogens is 400 g/mol. The van der Waals surface area contributed by atoms with Crippen molar-refractivity contribution < 1.29 is 33.3 Å². The van der Waals surface area contributed by atoms with Gasteiger partial charge in [0.15, 0.2) is 17.3 Å². The van der Waals surface area contributed by atoms with Gasteiger partial charge < -0.3 is 23.7 Å². The summed E-state index contributed by atoms with van der Waals surface area (Å²) in [5.74, 6) is 1.15. The molecule has 3 unspecified atom stereocenters. The molecule has 3 aliphatic rings. The van der Waals surface area contributed by atoms with Crippen molar-refractivity contribution in [3.8, 4) is 17.2 Å². The van der Waals surface area contributed by atoms with Crippen molar-refractivity contribution in [3.63, 3.8) is 0 Å². The van der Waals surface area contributed by atoms with Gasteiger partial charge in [-0.2, -0.15) is 0 Å². The van der Waals surface area contributed by atoms with Crippen LogP contribution < -0.4 is 14.2 Å². The minimum absolute atomic E-state index is 0.0429. The third-order valence-electron chi connectivity index (χ3n) is 5.99. The number of hydrogen-bond donors (Lipinski definition) is 0. The second-order valence-corrected chi connectivity index (χ2v) is 7.79. The number of esters is 1. The first-order valence-electron chi connectivity index (χ1n) is 10.3. The van der Waals surface area contributed by atoms with E-state index in [0.717, 1.165) is 5.56 Å². The Morgan fingerprint density at radius 2 is 1.90 bits per heavy atom. The molecule has 31 heavy (non-hydrogen) atoms. The Balaban J connectivity index is 1.27. The molecular formula is C24H22O7. The summed E-state index contributed by atoms with van der Waals surface area (Å²) in [7, 11) is 1.58. The second kappa shape index (κ2) is 7.98. The number of carbonyl (C=O) groups is 2. The lowest BCUT2D eigenvalue weighted by atomic mass is 9.77. The summed E-state index contributed by atoms with van der Waals surface area (Å²) < 4.78 is 27.6. The SMILES string of the molecule is COc1ccccc1C1=COC2CC(OC(=O)c3ccc4c(c3)OCO4)CCC2C1=O. The molecule has 2 heterocycles. The number of methoxy groups -OCH3 is 1. The minimum atomic E-state index is -0.422. The number of allylic oxidation sites excluding steroid dienone is 1. The van der Waals surface area contributed by atoms with Crippen molar-refractivity contribution in [1.82, 2.24) is 0 Å². The zero-order chi connectivity index (χ0) is 21.4. The van der Waals surface area contributed by atoms with Gasteiger partial charge in [-0.1, -0.05) is 18.2 Å². The van der Waals surface area contributed by atoms with Gasteiger partial charge in [-0.15, -0.1) is 0 Å². The van der Waals surface area contributed by atoms with Gasteiger partial charge in [-0.05, 0) is 37.1 Å². The molecule has 2 aliphatic heterocycles. The molecule has 0 bridgehead atoms. The van der Waals surface area contributed by atoms with Crippen LogP contribution in [0.25, 0.3) is 5.57 Å². The van der Waals surface area contributed by atoms with Crippen molar-refractivity contribution in [2.75, 3.05) is 13.9 Å². The summed E-state index contributed by atoms with van der Waals surface area (Å²) in [5, 5.41) is 0. The number of rotatable bonds is 4. The molecule has 0 spiro atoms. The van der Waals surface area contributed by atoms with Gasteiger partial charge in [0.25, 0.3) is 0 Å². The number of ketones is 1. The Morgan fingerprint density at radius 1 is 1.06 bits per heavy atom. The van der Waals surface area contributed by atoms with Crippen LogP contribution in [-0.2, 0) is 14.3 Å². The van der Waals surface area contributed by atoms with E-state index in [1.54, 1.807) is 25.3 Å². The fraction of sp³-hybridized carbons (Fsp3) is 0.333. The Morgan fingerprint density at radius 3 is 2.77 bits per heavy atom. The minimum Gasteiger partial charge on any atom is -0.496 e. The molecule has 0 saturated heterocycles. The van der Waals surface area contributed by atoms with Crippen molar-refractivity contribution >= 4 is 17.3 Å². The molecule has 1 aliphatic carbocycles. The van der Waals surface area contributed by atoms with Crippen LogP contribution in [0.15, 0.2) is 48.7 Å². The predicted octanol–water partition coefficient (Wildman–Crippen LogP) is 3.76. The van der Waals surface area contributed by atoms with Crippen LogP contribution >= 0.6 is 0 Å². The number of Topliss-reactive ketones (excluding diaryl/α,β-unsaturated/α-hetero) is 1.